The first-order valence-electron chi connectivity index (χ1n) is 13.1. The van der Waals surface area contributed by atoms with Gasteiger partial charge in [0.25, 0.3) is 18.3 Å². The first-order valence-corrected chi connectivity index (χ1v) is 13.1. The fourth-order valence-corrected chi connectivity index (χ4v) is 2.40. The predicted octanol–water partition coefficient (Wildman–Crippen LogP) is -12.2. The Bertz CT molecular complexity index is 1140. The van der Waals surface area contributed by atoms with Gasteiger partial charge in [0.1, 0.15) is 18.1 Å². The molecule has 0 aliphatic rings. The van der Waals surface area contributed by atoms with Crippen molar-refractivity contribution >= 4 is 71.6 Å². The van der Waals surface area contributed by atoms with Crippen molar-refractivity contribution in [2.75, 3.05) is 0 Å². The number of hydrogen-bond acceptors (Lipinski definition) is 21. The van der Waals surface area contributed by atoms with Crippen LogP contribution in [0, 0.1) is 0 Å². The minimum absolute atomic E-state index is 0. The third-order valence-electron chi connectivity index (χ3n) is 4.93. The molecule has 0 aromatic rings. The van der Waals surface area contributed by atoms with Crippen LogP contribution in [0.2, 0.25) is 0 Å². The van der Waals surface area contributed by atoms with Gasteiger partial charge in [-0.2, -0.15) is 0 Å². The fourth-order valence-electron chi connectivity index (χ4n) is 2.40. The maximum Gasteiger partial charge on any atom is 2.00 e. The van der Waals surface area contributed by atoms with Crippen LogP contribution in [0.3, 0.4) is 0 Å². The Morgan fingerprint density at radius 2 is 0.566 bits per heavy atom. The minimum atomic E-state index is -2.36. The van der Waals surface area contributed by atoms with E-state index < -0.39 is 127 Å². The predicted molar refractivity (Wildman–Crippen MR) is 142 cm³/mol. The van der Waals surface area contributed by atoms with Crippen molar-refractivity contribution in [1.82, 2.24) is 0 Å². The molecule has 0 amide bonds. The summed E-state index contributed by atoms with van der Waals surface area (Å²) in [6.07, 6.45) is -9.69. The molecule has 0 aliphatic carbocycles. The van der Waals surface area contributed by atoms with Crippen molar-refractivity contribution in [2.45, 2.75) is 75.0 Å². The smallest absolute Gasteiger partial charge is 0.550 e. The molecule has 27 nitrogen and oxygen atoms in total. The van der Waals surface area contributed by atoms with Crippen LogP contribution >= 0.6 is 0 Å². The van der Waals surface area contributed by atoms with Gasteiger partial charge in [-0.25, -0.2) is 28.8 Å². The average Bonchev–Trinajstić information content (AvgIpc) is 3.00. The van der Waals surface area contributed by atoms with Crippen molar-refractivity contribution in [1.29, 1.82) is 0 Å². The number of rotatable bonds is 21. The molecular weight excluding hydrogens is 793 g/mol. The van der Waals surface area contributed by atoms with E-state index in [1.807, 2.05) is 0 Å². The summed E-state index contributed by atoms with van der Waals surface area (Å²) in [5, 5.41) is 80.5. The summed E-state index contributed by atoms with van der Waals surface area (Å²) in [6, 6.07) is -4.27. The molecule has 0 radical (unpaired) electrons. The third-order valence-corrected chi connectivity index (χ3v) is 4.93. The van der Waals surface area contributed by atoms with E-state index in [-0.39, 0.29) is 65.9 Å². The van der Waals surface area contributed by atoms with E-state index in [2.05, 4.69) is 14.2 Å². The first-order chi connectivity index (χ1) is 23.3. The van der Waals surface area contributed by atoms with Crippen molar-refractivity contribution in [3.63, 3.8) is 0 Å². The Morgan fingerprint density at radius 1 is 0.415 bits per heavy atom. The zero-order chi connectivity index (χ0) is 40.8. The number of aliphatic carboxylic acids is 9. The average molecular weight is 823 g/mol. The quantitative estimate of drug-likeness (QED) is 0.0224. The molecule has 0 spiro atoms. The van der Waals surface area contributed by atoms with Gasteiger partial charge in [-0.1, -0.05) is 0 Å². The summed E-state index contributed by atoms with van der Waals surface area (Å²) >= 11 is 0. The van der Waals surface area contributed by atoms with Gasteiger partial charge in [-0.15, -0.1) is 0 Å². The molecule has 0 saturated heterocycles. The van der Waals surface area contributed by atoms with E-state index in [0.29, 0.717) is 0 Å². The molecule has 0 unspecified atom stereocenters. The SMILES string of the molecule is N[C@@H](CCC(=O)[O-])C(=O)OC(C(=O)O)C(=O)O.N[C@@H](CCC(=O)[O-])C(=O)OC(C(=O)O)C(=O)O.N[C@@H](CCC(=O)[O-])C(=O)OC(C(=O)O)C(=O)O.[Fe+2].[Na+]. The molecule has 0 rings (SSSR count). The maximum absolute atomic E-state index is 11.1. The maximum atomic E-state index is 11.1. The molecule has 12 N–H and O–H groups in total. The van der Waals surface area contributed by atoms with E-state index in [1.54, 1.807) is 0 Å². The number of carboxylic acid groups (broad SMARTS) is 9. The van der Waals surface area contributed by atoms with Gasteiger partial charge in [0.2, 0.25) is 0 Å². The molecule has 0 fully saturated rings. The number of carbonyl (C=O) groups excluding carboxylic acids is 6. The van der Waals surface area contributed by atoms with Gasteiger partial charge >= 0.3 is 100 Å². The Hall–Kier alpha value is -4.96. The second-order valence-corrected chi connectivity index (χ2v) is 9.03. The molecule has 0 bridgehead atoms. The second kappa shape index (κ2) is 29.6. The Labute approximate surface area is 327 Å². The normalized spacial score (nSPS) is 11.4. The van der Waals surface area contributed by atoms with Gasteiger partial charge in [0.05, 0.1) is 0 Å². The van der Waals surface area contributed by atoms with Crippen LogP contribution in [0.1, 0.15) is 38.5 Å². The number of esters is 3. The molecular formula is C24H30FeN3NaO24. The van der Waals surface area contributed by atoms with E-state index >= 15 is 0 Å². The zero-order valence-electron chi connectivity index (χ0n) is 26.8. The van der Waals surface area contributed by atoms with Crippen LogP contribution in [0.4, 0.5) is 0 Å². The number of ether oxygens (including phenoxy) is 3. The van der Waals surface area contributed by atoms with Crippen molar-refractivity contribution in [3.8, 4) is 0 Å². The van der Waals surface area contributed by atoms with Gasteiger partial charge in [-0.05, 0) is 38.5 Å². The summed E-state index contributed by atoms with van der Waals surface area (Å²) in [5.74, 6) is -19.4. The van der Waals surface area contributed by atoms with Crippen molar-refractivity contribution in [3.05, 3.63) is 0 Å². The van der Waals surface area contributed by atoms with Crippen LogP contribution in [0.5, 0.6) is 0 Å². The van der Waals surface area contributed by atoms with E-state index in [4.69, 9.17) is 47.8 Å². The van der Waals surface area contributed by atoms with Crippen molar-refractivity contribution < 1.29 is 164 Å². The van der Waals surface area contributed by atoms with E-state index in [0.717, 1.165) is 0 Å². The Kier molecular flexibility index (Phi) is 32.0. The Balaban J connectivity index is -0.000000213. The van der Waals surface area contributed by atoms with Crippen LogP contribution in [0.25, 0.3) is 0 Å². The Morgan fingerprint density at radius 3 is 0.679 bits per heavy atom. The van der Waals surface area contributed by atoms with Gasteiger partial charge < -0.3 is 91.8 Å². The van der Waals surface area contributed by atoms with E-state index in [1.165, 1.54) is 0 Å². The second-order valence-electron chi connectivity index (χ2n) is 9.03. The molecule has 0 aromatic heterocycles. The summed E-state index contributed by atoms with van der Waals surface area (Å²) in [6.45, 7) is 0. The van der Waals surface area contributed by atoms with Gasteiger partial charge in [0.15, 0.2) is 0 Å². The third kappa shape index (κ3) is 28.3. The topological polar surface area (TPSA) is 501 Å². The standard InChI is InChI=1S/3C8H11NO8.Fe.Na/c3*9-3(1-2-4(10)11)8(16)17-5(6(12)13)7(14)15;;/h3*3,5H,1-2,9H2,(H,10,11)(H,12,13)(H,14,15);;/q;;;+2;+1/p-3/t3*3-;;/m000../s1. The summed E-state index contributed by atoms with van der Waals surface area (Å²) in [7, 11) is 0. The molecule has 294 valence electrons. The van der Waals surface area contributed by atoms with Crippen molar-refractivity contribution in [2.24, 2.45) is 17.2 Å². The number of nitrogens with two attached hydrogens (primary N) is 3. The molecule has 0 aliphatic heterocycles. The molecule has 53 heavy (non-hydrogen) atoms. The number of hydrogen-bond donors (Lipinski definition) is 9. The number of carbonyl (C=O) groups is 12. The van der Waals surface area contributed by atoms with Crippen LogP contribution in [0.15, 0.2) is 0 Å². The minimum Gasteiger partial charge on any atom is -0.550 e. The molecule has 0 heterocycles. The molecule has 29 heteroatoms. The molecule has 0 aromatic carbocycles. The van der Waals surface area contributed by atoms with Gasteiger partial charge in [0, 0.05) is 17.9 Å². The van der Waals surface area contributed by atoms with Gasteiger partial charge in [-0.3, -0.25) is 14.4 Å². The van der Waals surface area contributed by atoms with Crippen LogP contribution < -0.4 is 62.1 Å². The zero-order valence-corrected chi connectivity index (χ0v) is 29.9. The fraction of sp³-hybridized carbons (Fsp3) is 0.500. The molecule has 3 atom stereocenters. The molecule has 0 saturated carbocycles. The summed E-state index contributed by atoms with van der Waals surface area (Å²) < 4.78 is 12.3. The summed E-state index contributed by atoms with van der Waals surface area (Å²) in [4.78, 5) is 126. The number of carboxylic acids is 9. The summed E-state index contributed by atoms with van der Waals surface area (Å²) in [5.41, 5.74) is 15.5. The largest absolute Gasteiger partial charge is 2.00 e. The van der Waals surface area contributed by atoms with Crippen LogP contribution in [-0.4, -0.2) is 139 Å². The monoisotopic (exact) mass is 823 g/mol. The van der Waals surface area contributed by atoms with Crippen LogP contribution in [-0.2, 0) is 88.8 Å². The first kappa shape index (κ1) is 57.4. The van der Waals surface area contributed by atoms with E-state index in [9.17, 15) is 72.9 Å².